The lowest BCUT2D eigenvalue weighted by Crippen LogP contribution is -2.44. The summed E-state index contributed by atoms with van der Waals surface area (Å²) in [5.41, 5.74) is 1.32. The third-order valence-electron chi connectivity index (χ3n) is 3.90. The molecule has 0 aromatic heterocycles. The fourth-order valence-corrected chi connectivity index (χ4v) is 2.70. The molecule has 1 aromatic rings. The van der Waals surface area contributed by atoms with Crippen LogP contribution in [0.15, 0.2) is 30.3 Å². The summed E-state index contributed by atoms with van der Waals surface area (Å²) < 4.78 is 10.4. The maximum absolute atomic E-state index is 5.25. The molecule has 0 fully saturated rings. The maximum atomic E-state index is 5.25. The van der Waals surface area contributed by atoms with Crippen molar-refractivity contribution >= 4 is 0 Å². The van der Waals surface area contributed by atoms with E-state index in [1.165, 1.54) is 5.56 Å². The minimum atomic E-state index is 0.311. The molecule has 1 N–H and O–H groups in total. The van der Waals surface area contributed by atoms with Crippen molar-refractivity contribution in [1.82, 2.24) is 10.2 Å². The molecular formula is C17H30N2O2. The third-order valence-corrected chi connectivity index (χ3v) is 3.90. The zero-order chi connectivity index (χ0) is 15.5. The first-order valence-corrected chi connectivity index (χ1v) is 7.68. The summed E-state index contributed by atoms with van der Waals surface area (Å²) in [4.78, 5) is 2.47. The lowest BCUT2D eigenvalue weighted by molar-refractivity contribution is 0.0979. The van der Waals surface area contributed by atoms with Crippen molar-refractivity contribution in [2.45, 2.75) is 25.4 Å². The summed E-state index contributed by atoms with van der Waals surface area (Å²) >= 11 is 0. The number of ether oxygens (including phenoxy) is 2. The molecule has 0 spiro atoms. The number of hydrogen-bond acceptors (Lipinski definition) is 4. The van der Waals surface area contributed by atoms with Crippen LogP contribution in [0.1, 0.15) is 24.9 Å². The van der Waals surface area contributed by atoms with E-state index in [0.717, 1.165) is 32.7 Å². The Bertz CT molecular complexity index is 359. The summed E-state index contributed by atoms with van der Waals surface area (Å²) in [7, 11) is 5.53. The molecule has 2 atom stereocenters. The lowest BCUT2D eigenvalue weighted by atomic mass is 9.99. The molecule has 120 valence electrons. The van der Waals surface area contributed by atoms with E-state index in [1.807, 2.05) is 7.05 Å². The maximum Gasteiger partial charge on any atom is 0.0589 e. The van der Waals surface area contributed by atoms with E-state index in [-0.39, 0.29) is 0 Å². The lowest BCUT2D eigenvalue weighted by Gasteiger charge is -2.35. The summed E-state index contributed by atoms with van der Waals surface area (Å²) in [5, 5.41) is 3.45. The van der Waals surface area contributed by atoms with Gasteiger partial charge in [-0.15, -0.1) is 0 Å². The molecule has 0 amide bonds. The molecule has 0 heterocycles. The van der Waals surface area contributed by atoms with Crippen LogP contribution in [0.3, 0.4) is 0 Å². The topological polar surface area (TPSA) is 33.7 Å². The standard InChI is InChI=1S/C17H30N2O2/c1-15(17(18-2)16-9-6-5-7-10-16)19(12-14-21-4)11-8-13-20-3/h5-7,9-10,15,17-18H,8,11-14H2,1-4H3. The zero-order valence-electron chi connectivity index (χ0n) is 13.8. The average molecular weight is 294 g/mol. The Morgan fingerprint density at radius 2 is 1.71 bits per heavy atom. The van der Waals surface area contributed by atoms with Crippen LogP contribution >= 0.6 is 0 Å². The molecule has 4 heteroatoms. The van der Waals surface area contributed by atoms with Crippen LogP contribution in [0.5, 0.6) is 0 Å². The van der Waals surface area contributed by atoms with Crippen LogP contribution in [0.2, 0.25) is 0 Å². The van der Waals surface area contributed by atoms with Gasteiger partial charge in [0, 0.05) is 46.0 Å². The minimum Gasteiger partial charge on any atom is -0.385 e. The van der Waals surface area contributed by atoms with Gasteiger partial charge in [0.1, 0.15) is 0 Å². The number of nitrogens with zero attached hydrogens (tertiary/aromatic N) is 1. The van der Waals surface area contributed by atoms with Gasteiger partial charge in [0.15, 0.2) is 0 Å². The van der Waals surface area contributed by atoms with Crippen molar-refractivity contribution in [3.05, 3.63) is 35.9 Å². The molecular weight excluding hydrogens is 264 g/mol. The molecule has 0 radical (unpaired) electrons. The number of likely N-dealkylation sites (N-methyl/N-ethyl adjacent to an activating group) is 1. The van der Waals surface area contributed by atoms with E-state index < -0.39 is 0 Å². The van der Waals surface area contributed by atoms with Crippen molar-refractivity contribution in [2.24, 2.45) is 0 Å². The molecule has 4 nitrogen and oxygen atoms in total. The monoisotopic (exact) mass is 294 g/mol. The second-order valence-corrected chi connectivity index (χ2v) is 5.29. The normalized spacial score (nSPS) is 14.3. The smallest absolute Gasteiger partial charge is 0.0589 e. The van der Waals surface area contributed by atoms with Crippen molar-refractivity contribution in [3.8, 4) is 0 Å². The van der Waals surface area contributed by atoms with Crippen LogP contribution in [0.4, 0.5) is 0 Å². The van der Waals surface area contributed by atoms with E-state index >= 15 is 0 Å². The first kappa shape index (κ1) is 18.1. The highest BCUT2D eigenvalue weighted by Crippen LogP contribution is 2.20. The molecule has 0 bridgehead atoms. The van der Waals surface area contributed by atoms with Gasteiger partial charge in [-0.1, -0.05) is 30.3 Å². The van der Waals surface area contributed by atoms with Crippen molar-refractivity contribution in [3.63, 3.8) is 0 Å². The van der Waals surface area contributed by atoms with Crippen LogP contribution in [0, 0.1) is 0 Å². The molecule has 0 aliphatic heterocycles. The number of methoxy groups -OCH3 is 2. The number of hydrogen-bond donors (Lipinski definition) is 1. The van der Waals surface area contributed by atoms with E-state index in [0.29, 0.717) is 12.1 Å². The predicted octanol–water partition coefficient (Wildman–Crippen LogP) is 2.32. The summed E-state index contributed by atoms with van der Waals surface area (Å²) in [5.74, 6) is 0. The quantitative estimate of drug-likeness (QED) is 0.635. The Kier molecular flexibility index (Phi) is 9.26. The highest BCUT2D eigenvalue weighted by molar-refractivity contribution is 5.20. The van der Waals surface area contributed by atoms with E-state index in [4.69, 9.17) is 9.47 Å². The molecule has 1 rings (SSSR count). The van der Waals surface area contributed by atoms with Crippen LogP contribution < -0.4 is 5.32 Å². The van der Waals surface area contributed by atoms with Crippen LogP contribution in [-0.2, 0) is 9.47 Å². The molecule has 0 aliphatic carbocycles. The van der Waals surface area contributed by atoms with Crippen molar-refractivity contribution < 1.29 is 9.47 Å². The fraction of sp³-hybridized carbons (Fsp3) is 0.647. The van der Waals surface area contributed by atoms with E-state index in [2.05, 4.69) is 47.5 Å². The van der Waals surface area contributed by atoms with E-state index in [1.54, 1.807) is 14.2 Å². The largest absolute Gasteiger partial charge is 0.385 e. The van der Waals surface area contributed by atoms with Gasteiger partial charge >= 0.3 is 0 Å². The molecule has 0 saturated heterocycles. The van der Waals surface area contributed by atoms with Crippen LogP contribution in [-0.4, -0.2) is 58.5 Å². The fourth-order valence-electron chi connectivity index (χ4n) is 2.70. The second-order valence-electron chi connectivity index (χ2n) is 5.29. The van der Waals surface area contributed by atoms with Crippen molar-refractivity contribution in [1.29, 1.82) is 0 Å². The summed E-state index contributed by atoms with van der Waals surface area (Å²) in [6.07, 6.45) is 1.04. The van der Waals surface area contributed by atoms with Gasteiger partial charge in [0.2, 0.25) is 0 Å². The first-order chi connectivity index (χ1) is 10.2. The third kappa shape index (κ3) is 6.14. The molecule has 0 aliphatic rings. The number of nitrogens with one attached hydrogen (secondary N) is 1. The van der Waals surface area contributed by atoms with Gasteiger partial charge in [0.25, 0.3) is 0 Å². The Balaban J connectivity index is 2.72. The van der Waals surface area contributed by atoms with Gasteiger partial charge in [-0.3, -0.25) is 4.90 Å². The average Bonchev–Trinajstić information content (AvgIpc) is 2.52. The van der Waals surface area contributed by atoms with Gasteiger partial charge < -0.3 is 14.8 Å². The summed E-state index contributed by atoms with van der Waals surface area (Å²) in [6, 6.07) is 11.3. The number of benzene rings is 1. The number of rotatable bonds is 11. The molecule has 0 saturated carbocycles. The zero-order valence-corrected chi connectivity index (χ0v) is 13.8. The minimum absolute atomic E-state index is 0.311. The Morgan fingerprint density at radius 3 is 2.29 bits per heavy atom. The molecule has 1 aromatic carbocycles. The Labute approximate surface area is 129 Å². The molecule has 21 heavy (non-hydrogen) atoms. The van der Waals surface area contributed by atoms with E-state index in [9.17, 15) is 0 Å². The first-order valence-electron chi connectivity index (χ1n) is 7.68. The Hall–Kier alpha value is -0.940. The van der Waals surface area contributed by atoms with Gasteiger partial charge in [-0.2, -0.15) is 0 Å². The van der Waals surface area contributed by atoms with Gasteiger partial charge in [-0.25, -0.2) is 0 Å². The van der Waals surface area contributed by atoms with Crippen molar-refractivity contribution in [2.75, 3.05) is 47.6 Å². The van der Waals surface area contributed by atoms with Gasteiger partial charge in [-0.05, 0) is 26.0 Å². The summed E-state index contributed by atoms with van der Waals surface area (Å²) in [6.45, 7) is 5.78. The predicted molar refractivity (Wildman–Crippen MR) is 87.6 cm³/mol. The highest BCUT2D eigenvalue weighted by atomic mass is 16.5. The van der Waals surface area contributed by atoms with Gasteiger partial charge in [0.05, 0.1) is 6.61 Å². The molecule has 2 unspecified atom stereocenters. The highest BCUT2D eigenvalue weighted by Gasteiger charge is 2.23. The Morgan fingerprint density at radius 1 is 1.05 bits per heavy atom. The second kappa shape index (κ2) is 10.7. The van der Waals surface area contributed by atoms with Crippen LogP contribution in [0.25, 0.3) is 0 Å². The SMILES string of the molecule is CNC(c1ccccc1)C(C)N(CCCOC)CCOC.